The highest BCUT2D eigenvalue weighted by molar-refractivity contribution is 5.83. The van der Waals surface area contributed by atoms with Crippen molar-refractivity contribution in [2.75, 3.05) is 19.6 Å². The molecule has 0 heterocycles. The Balaban J connectivity index is 1.65. The number of amides is 2. The minimum absolute atomic E-state index is 0.0579. The van der Waals surface area contributed by atoms with Gasteiger partial charge in [0.25, 0.3) is 0 Å². The molecule has 0 aliphatic carbocycles. The Bertz CT molecular complexity index is 671. The standard InChI is InChI=1S/C22H28N2O2/c1-19(25)24(17-9-15-21-12-6-3-7-13-21)18-22(26)23-16-8-14-20-10-4-2-5-11-20/h2-7,10-13H,8-9,14-18H2,1H3,(H,23,26). The van der Waals surface area contributed by atoms with Crippen LogP contribution < -0.4 is 5.32 Å². The molecule has 4 nitrogen and oxygen atoms in total. The van der Waals surface area contributed by atoms with E-state index in [2.05, 4.69) is 29.6 Å². The molecule has 2 aromatic rings. The van der Waals surface area contributed by atoms with Gasteiger partial charge in [0, 0.05) is 20.0 Å². The van der Waals surface area contributed by atoms with Crippen LogP contribution in [0.4, 0.5) is 0 Å². The second kappa shape index (κ2) is 11.1. The maximum absolute atomic E-state index is 12.1. The van der Waals surface area contributed by atoms with Crippen LogP contribution in [0.15, 0.2) is 60.7 Å². The molecule has 0 saturated heterocycles. The zero-order chi connectivity index (χ0) is 18.6. The van der Waals surface area contributed by atoms with Crippen molar-refractivity contribution >= 4 is 11.8 Å². The van der Waals surface area contributed by atoms with E-state index in [4.69, 9.17) is 0 Å². The quantitative estimate of drug-likeness (QED) is 0.668. The molecule has 2 amide bonds. The molecule has 2 rings (SSSR count). The van der Waals surface area contributed by atoms with Gasteiger partial charge in [0.2, 0.25) is 11.8 Å². The van der Waals surface area contributed by atoms with Crippen LogP contribution in [0.5, 0.6) is 0 Å². The Labute approximate surface area is 156 Å². The van der Waals surface area contributed by atoms with E-state index in [9.17, 15) is 9.59 Å². The van der Waals surface area contributed by atoms with E-state index < -0.39 is 0 Å². The molecule has 0 bridgehead atoms. The Kier molecular flexibility index (Phi) is 8.40. The number of rotatable bonds is 10. The average Bonchev–Trinajstić information content (AvgIpc) is 2.66. The third-order valence-electron chi connectivity index (χ3n) is 4.32. The van der Waals surface area contributed by atoms with E-state index in [1.54, 1.807) is 4.90 Å². The number of nitrogens with zero attached hydrogens (tertiary/aromatic N) is 1. The fourth-order valence-corrected chi connectivity index (χ4v) is 2.86. The number of carbonyl (C=O) groups is 2. The predicted octanol–water partition coefficient (Wildman–Crippen LogP) is 3.22. The van der Waals surface area contributed by atoms with Crippen LogP contribution in [-0.2, 0) is 22.4 Å². The lowest BCUT2D eigenvalue weighted by atomic mass is 10.1. The van der Waals surface area contributed by atoms with Gasteiger partial charge in [-0.15, -0.1) is 0 Å². The third-order valence-corrected chi connectivity index (χ3v) is 4.32. The molecule has 0 unspecified atom stereocenters. The van der Waals surface area contributed by atoms with Gasteiger partial charge >= 0.3 is 0 Å². The number of aryl methyl sites for hydroxylation is 2. The van der Waals surface area contributed by atoms with Crippen LogP contribution in [-0.4, -0.2) is 36.3 Å². The molecule has 0 aliphatic rings. The summed E-state index contributed by atoms with van der Waals surface area (Å²) in [7, 11) is 0. The molecule has 4 heteroatoms. The summed E-state index contributed by atoms with van der Waals surface area (Å²) in [5, 5.41) is 2.91. The van der Waals surface area contributed by atoms with Gasteiger partial charge in [-0.1, -0.05) is 60.7 Å². The van der Waals surface area contributed by atoms with Gasteiger partial charge in [0.05, 0.1) is 6.54 Å². The van der Waals surface area contributed by atoms with Gasteiger partial charge in [0.15, 0.2) is 0 Å². The summed E-state index contributed by atoms with van der Waals surface area (Å²) in [5.74, 6) is -0.148. The zero-order valence-electron chi connectivity index (χ0n) is 15.5. The van der Waals surface area contributed by atoms with Crippen molar-refractivity contribution < 1.29 is 9.59 Å². The molecular weight excluding hydrogens is 324 g/mol. The monoisotopic (exact) mass is 352 g/mol. The summed E-state index contributed by atoms with van der Waals surface area (Å²) in [5.41, 5.74) is 2.52. The maximum Gasteiger partial charge on any atom is 0.239 e. The number of nitrogens with one attached hydrogen (secondary N) is 1. The van der Waals surface area contributed by atoms with Crippen LogP contribution in [0.2, 0.25) is 0 Å². The number of hydrogen-bond acceptors (Lipinski definition) is 2. The van der Waals surface area contributed by atoms with Crippen molar-refractivity contribution in [1.82, 2.24) is 10.2 Å². The molecule has 2 aromatic carbocycles. The highest BCUT2D eigenvalue weighted by Gasteiger charge is 2.13. The van der Waals surface area contributed by atoms with Crippen LogP contribution in [0.1, 0.15) is 30.9 Å². The smallest absolute Gasteiger partial charge is 0.239 e. The van der Waals surface area contributed by atoms with Gasteiger partial charge in [-0.3, -0.25) is 9.59 Å². The summed E-state index contributed by atoms with van der Waals surface area (Å²) < 4.78 is 0. The third kappa shape index (κ3) is 7.51. The lowest BCUT2D eigenvalue weighted by molar-refractivity contribution is -0.134. The first-order valence-corrected chi connectivity index (χ1v) is 9.25. The molecular formula is C22H28N2O2. The van der Waals surface area contributed by atoms with Gasteiger partial charge < -0.3 is 10.2 Å². The molecule has 0 aromatic heterocycles. The van der Waals surface area contributed by atoms with E-state index >= 15 is 0 Å². The molecule has 0 saturated carbocycles. The lowest BCUT2D eigenvalue weighted by Crippen LogP contribution is -2.40. The summed E-state index contributed by atoms with van der Waals surface area (Å²) >= 11 is 0. The van der Waals surface area contributed by atoms with E-state index in [0.29, 0.717) is 13.1 Å². The fourth-order valence-electron chi connectivity index (χ4n) is 2.86. The van der Waals surface area contributed by atoms with Gasteiger partial charge in [-0.25, -0.2) is 0 Å². The maximum atomic E-state index is 12.1. The van der Waals surface area contributed by atoms with Crippen LogP contribution in [0.25, 0.3) is 0 Å². The summed E-state index contributed by atoms with van der Waals surface area (Å²) in [6.45, 7) is 2.88. The second-order valence-electron chi connectivity index (χ2n) is 6.47. The molecule has 1 N–H and O–H groups in total. The zero-order valence-corrected chi connectivity index (χ0v) is 15.5. The molecule has 26 heavy (non-hydrogen) atoms. The van der Waals surface area contributed by atoms with Gasteiger partial charge in [-0.2, -0.15) is 0 Å². The van der Waals surface area contributed by atoms with Crippen molar-refractivity contribution in [1.29, 1.82) is 0 Å². The van der Waals surface area contributed by atoms with Gasteiger partial charge in [-0.05, 0) is 36.8 Å². The SMILES string of the molecule is CC(=O)N(CCCc1ccccc1)CC(=O)NCCCc1ccccc1. The average molecular weight is 352 g/mol. The minimum Gasteiger partial charge on any atom is -0.355 e. The van der Waals surface area contributed by atoms with Crippen molar-refractivity contribution in [2.45, 2.75) is 32.6 Å². The topological polar surface area (TPSA) is 49.4 Å². The van der Waals surface area contributed by atoms with Crippen molar-refractivity contribution in [3.05, 3.63) is 71.8 Å². The van der Waals surface area contributed by atoms with E-state index in [-0.39, 0.29) is 18.4 Å². The first kappa shape index (κ1) is 19.7. The molecule has 0 radical (unpaired) electrons. The Morgan fingerprint density at radius 3 is 1.92 bits per heavy atom. The number of hydrogen-bond donors (Lipinski definition) is 1. The summed E-state index contributed by atoms with van der Waals surface area (Å²) in [4.78, 5) is 25.5. The van der Waals surface area contributed by atoms with Crippen molar-refractivity contribution in [3.8, 4) is 0 Å². The summed E-state index contributed by atoms with van der Waals surface area (Å²) in [6, 6.07) is 20.4. The lowest BCUT2D eigenvalue weighted by Gasteiger charge is -2.20. The highest BCUT2D eigenvalue weighted by atomic mass is 16.2. The van der Waals surface area contributed by atoms with E-state index in [0.717, 1.165) is 25.7 Å². The van der Waals surface area contributed by atoms with E-state index in [1.807, 2.05) is 36.4 Å². The molecule has 0 spiro atoms. The van der Waals surface area contributed by atoms with Crippen molar-refractivity contribution in [2.24, 2.45) is 0 Å². The van der Waals surface area contributed by atoms with E-state index in [1.165, 1.54) is 18.1 Å². The van der Waals surface area contributed by atoms with Gasteiger partial charge in [0.1, 0.15) is 0 Å². The van der Waals surface area contributed by atoms with Crippen LogP contribution in [0.3, 0.4) is 0 Å². The first-order chi connectivity index (χ1) is 12.6. The fraction of sp³-hybridized carbons (Fsp3) is 0.364. The number of carbonyl (C=O) groups excluding carboxylic acids is 2. The molecule has 0 aliphatic heterocycles. The Hall–Kier alpha value is -2.62. The van der Waals surface area contributed by atoms with Crippen LogP contribution in [0, 0.1) is 0 Å². The predicted molar refractivity (Wildman–Crippen MR) is 105 cm³/mol. The molecule has 138 valence electrons. The normalized spacial score (nSPS) is 10.3. The van der Waals surface area contributed by atoms with Crippen LogP contribution >= 0.6 is 0 Å². The molecule has 0 atom stereocenters. The minimum atomic E-state index is -0.0898. The number of benzene rings is 2. The highest BCUT2D eigenvalue weighted by Crippen LogP contribution is 2.04. The Morgan fingerprint density at radius 2 is 1.38 bits per heavy atom. The first-order valence-electron chi connectivity index (χ1n) is 9.25. The second-order valence-corrected chi connectivity index (χ2v) is 6.47. The largest absolute Gasteiger partial charge is 0.355 e. The van der Waals surface area contributed by atoms with Crippen molar-refractivity contribution in [3.63, 3.8) is 0 Å². The Morgan fingerprint density at radius 1 is 0.846 bits per heavy atom. The molecule has 0 fully saturated rings. The summed E-state index contributed by atoms with van der Waals surface area (Å²) in [6.07, 6.45) is 3.59.